The molecule has 2 aliphatic rings. The summed E-state index contributed by atoms with van der Waals surface area (Å²) < 4.78 is 5.76. The molecule has 0 radical (unpaired) electrons. The van der Waals surface area contributed by atoms with Gasteiger partial charge < -0.3 is 4.74 Å². The zero-order valence-electron chi connectivity index (χ0n) is 11.9. The summed E-state index contributed by atoms with van der Waals surface area (Å²) in [4.78, 5) is 12.2. The molecule has 1 fully saturated rings. The quantitative estimate of drug-likeness (QED) is 0.779. The second kappa shape index (κ2) is 4.73. The van der Waals surface area contributed by atoms with Crippen molar-refractivity contribution in [2.75, 3.05) is 0 Å². The second-order valence-corrected chi connectivity index (χ2v) is 6.13. The van der Waals surface area contributed by atoms with Gasteiger partial charge in [0.25, 0.3) is 0 Å². The van der Waals surface area contributed by atoms with Crippen molar-refractivity contribution in [3.63, 3.8) is 0 Å². The lowest BCUT2D eigenvalue weighted by Gasteiger charge is -2.26. The van der Waals surface area contributed by atoms with Crippen LogP contribution in [0.3, 0.4) is 0 Å². The van der Waals surface area contributed by atoms with E-state index in [-0.39, 0.29) is 17.5 Å². The molecular weight excluding hydrogens is 260 g/mol. The summed E-state index contributed by atoms with van der Waals surface area (Å²) >= 11 is 0. The Kier molecular flexibility index (Phi) is 2.85. The number of esters is 1. The van der Waals surface area contributed by atoms with Crippen LogP contribution in [-0.4, -0.2) is 12.1 Å². The number of aryl methyl sites for hydroxylation is 1. The average Bonchev–Trinajstić information content (AvgIpc) is 3.21. The van der Waals surface area contributed by atoms with Crippen LogP contribution in [0.2, 0.25) is 0 Å². The number of fused-ring (bicyclic) bond motifs is 2. The molecule has 0 saturated heterocycles. The van der Waals surface area contributed by atoms with Crippen LogP contribution >= 0.6 is 0 Å². The van der Waals surface area contributed by atoms with Crippen molar-refractivity contribution in [1.82, 2.24) is 0 Å². The van der Waals surface area contributed by atoms with Crippen molar-refractivity contribution >= 4 is 5.97 Å². The SMILES string of the molecule is O=C(O[C@H]1C[C@@]12CCCc1ccccc12)c1ccccc1. The molecule has 0 aromatic heterocycles. The van der Waals surface area contributed by atoms with Gasteiger partial charge in [-0.25, -0.2) is 4.79 Å². The van der Waals surface area contributed by atoms with Crippen LogP contribution in [0, 0.1) is 0 Å². The van der Waals surface area contributed by atoms with Crippen LogP contribution in [0.15, 0.2) is 54.6 Å². The van der Waals surface area contributed by atoms with E-state index in [2.05, 4.69) is 24.3 Å². The largest absolute Gasteiger partial charge is 0.458 e. The highest BCUT2D eigenvalue weighted by molar-refractivity contribution is 5.89. The van der Waals surface area contributed by atoms with Crippen molar-refractivity contribution in [1.29, 1.82) is 0 Å². The summed E-state index contributed by atoms with van der Waals surface area (Å²) in [7, 11) is 0. The van der Waals surface area contributed by atoms with Crippen molar-refractivity contribution in [3.8, 4) is 0 Å². The van der Waals surface area contributed by atoms with Crippen LogP contribution in [0.25, 0.3) is 0 Å². The lowest BCUT2D eigenvalue weighted by molar-refractivity contribution is 0.0433. The van der Waals surface area contributed by atoms with Crippen molar-refractivity contribution in [2.45, 2.75) is 37.2 Å². The van der Waals surface area contributed by atoms with E-state index < -0.39 is 0 Å². The normalized spacial score (nSPS) is 26.2. The minimum atomic E-state index is -0.194. The van der Waals surface area contributed by atoms with Crippen molar-refractivity contribution in [2.24, 2.45) is 0 Å². The number of hydrogen-bond donors (Lipinski definition) is 0. The Balaban J connectivity index is 1.55. The van der Waals surface area contributed by atoms with E-state index in [1.807, 2.05) is 30.3 Å². The second-order valence-electron chi connectivity index (χ2n) is 6.13. The molecule has 0 N–H and O–H groups in total. The topological polar surface area (TPSA) is 26.3 Å². The predicted molar refractivity (Wildman–Crippen MR) is 81.3 cm³/mol. The standard InChI is InChI=1S/C19H18O2/c20-18(15-8-2-1-3-9-15)21-17-13-19(17)12-6-10-14-7-4-5-11-16(14)19/h1-5,7-9,11,17H,6,10,12-13H2/t17-,19+/m0/s1. The molecule has 0 bridgehead atoms. The van der Waals surface area contributed by atoms with E-state index in [1.54, 1.807) is 0 Å². The van der Waals surface area contributed by atoms with E-state index in [4.69, 9.17) is 4.74 Å². The number of benzene rings is 2. The molecule has 2 atom stereocenters. The minimum absolute atomic E-state index is 0.0478. The first kappa shape index (κ1) is 12.6. The third-order valence-electron chi connectivity index (χ3n) is 4.89. The van der Waals surface area contributed by atoms with Crippen LogP contribution in [-0.2, 0) is 16.6 Å². The Labute approximate surface area is 124 Å². The fourth-order valence-corrected chi connectivity index (χ4v) is 3.70. The summed E-state index contributed by atoms with van der Waals surface area (Å²) in [5.74, 6) is -0.194. The van der Waals surface area contributed by atoms with Gasteiger partial charge in [-0.15, -0.1) is 0 Å². The van der Waals surface area contributed by atoms with E-state index in [0.29, 0.717) is 5.56 Å². The van der Waals surface area contributed by atoms with Crippen LogP contribution in [0.5, 0.6) is 0 Å². The van der Waals surface area contributed by atoms with Gasteiger partial charge in [-0.05, 0) is 48.9 Å². The molecule has 0 unspecified atom stereocenters. The maximum absolute atomic E-state index is 12.2. The lowest BCUT2D eigenvalue weighted by atomic mass is 9.80. The Morgan fingerprint density at radius 2 is 1.81 bits per heavy atom. The van der Waals surface area contributed by atoms with Crippen LogP contribution in [0.1, 0.15) is 40.7 Å². The molecule has 2 aromatic carbocycles. The van der Waals surface area contributed by atoms with Crippen molar-refractivity contribution < 1.29 is 9.53 Å². The Morgan fingerprint density at radius 3 is 2.67 bits per heavy atom. The molecule has 2 heteroatoms. The third-order valence-corrected chi connectivity index (χ3v) is 4.89. The van der Waals surface area contributed by atoms with Gasteiger partial charge in [-0.1, -0.05) is 42.5 Å². The summed E-state index contributed by atoms with van der Waals surface area (Å²) in [6.45, 7) is 0. The molecular formula is C19H18O2. The number of carbonyl (C=O) groups excluding carboxylic acids is 1. The van der Waals surface area contributed by atoms with Crippen LogP contribution in [0.4, 0.5) is 0 Å². The highest BCUT2D eigenvalue weighted by Crippen LogP contribution is 2.57. The van der Waals surface area contributed by atoms with E-state index in [0.717, 1.165) is 19.3 Å². The first-order chi connectivity index (χ1) is 10.3. The lowest BCUT2D eigenvalue weighted by Crippen LogP contribution is -2.22. The van der Waals surface area contributed by atoms with Gasteiger partial charge in [0.2, 0.25) is 0 Å². The maximum Gasteiger partial charge on any atom is 0.338 e. The number of carbonyl (C=O) groups is 1. The Bertz CT molecular complexity index is 677. The monoisotopic (exact) mass is 278 g/mol. The van der Waals surface area contributed by atoms with Gasteiger partial charge in [-0.3, -0.25) is 0 Å². The van der Waals surface area contributed by atoms with Gasteiger partial charge >= 0.3 is 5.97 Å². The molecule has 2 aromatic rings. The van der Waals surface area contributed by atoms with E-state index in [9.17, 15) is 4.79 Å². The van der Waals surface area contributed by atoms with Crippen molar-refractivity contribution in [3.05, 3.63) is 71.3 Å². The molecule has 2 aliphatic carbocycles. The zero-order chi connectivity index (χ0) is 14.3. The summed E-state index contributed by atoms with van der Waals surface area (Å²) in [5.41, 5.74) is 3.58. The summed E-state index contributed by atoms with van der Waals surface area (Å²) in [6.07, 6.45) is 4.50. The molecule has 0 heterocycles. The molecule has 0 amide bonds. The maximum atomic E-state index is 12.2. The molecule has 21 heavy (non-hydrogen) atoms. The molecule has 0 aliphatic heterocycles. The highest BCUT2D eigenvalue weighted by Gasteiger charge is 2.59. The number of rotatable bonds is 2. The van der Waals surface area contributed by atoms with Gasteiger partial charge in [0.15, 0.2) is 0 Å². The summed E-state index contributed by atoms with van der Waals surface area (Å²) in [6, 6.07) is 17.9. The fraction of sp³-hybridized carbons (Fsp3) is 0.316. The molecule has 2 nitrogen and oxygen atoms in total. The smallest absolute Gasteiger partial charge is 0.338 e. The zero-order valence-corrected chi connectivity index (χ0v) is 11.9. The molecule has 1 saturated carbocycles. The predicted octanol–water partition coefficient (Wildman–Crippen LogP) is 3.89. The molecule has 1 spiro atoms. The highest BCUT2D eigenvalue weighted by atomic mass is 16.6. The Morgan fingerprint density at radius 1 is 1.05 bits per heavy atom. The van der Waals surface area contributed by atoms with E-state index in [1.165, 1.54) is 17.5 Å². The first-order valence-corrected chi connectivity index (χ1v) is 7.64. The first-order valence-electron chi connectivity index (χ1n) is 7.64. The van der Waals surface area contributed by atoms with Gasteiger partial charge in [0, 0.05) is 5.41 Å². The average molecular weight is 278 g/mol. The number of hydrogen-bond acceptors (Lipinski definition) is 2. The minimum Gasteiger partial charge on any atom is -0.458 e. The van der Waals surface area contributed by atoms with Crippen LogP contribution < -0.4 is 0 Å². The third kappa shape index (κ3) is 2.06. The Hall–Kier alpha value is -2.09. The number of ether oxygens (including phenoxy) is 1. The van der Waals surface area contributed by atoms with Gasteiger partial charge in [0.05, 0.1) is 5.56 Å². The molecule has 4 rings (SSSR count). The van der Waals surface area contributed by atoms with Gasteiger partial charge in [0.1, 0.15) is 6.10 Å². The van der Waals surface area contributed by atoms with E-state index >= 15 is 0 Å². The fourth-order valence-electron chi connectivity index (χ4n) is 3.70. The summed E-state index contributed by atoms with van der Waals surface area (Å²) in [5, 5.41) is 0. The van der Waals surface area contributed by atoms with Gasteiger partial charge in [-0.2, -0.15) is 0 Å². The molecule has 106 valence electrons.